The largest absolute Gasteiger partial charge is 0.369 e. The maximum absolute atomic E-state index is 5.64. The number of aromatic amines is 1. The first-order valence-corrected chi connectivity index (χ1v) is 5.50. The van der Waals surface area contributed by atoms with E-state index in [0.29, 0.717) is 16.1 Å². The number of rotatable bonds is 1. The van der Waals surface area contributed by atoms with Crippen LogP contribution in [0.4, 0.5) is 5.95 Å². The third kappa shape index (κ3) is 1.40. The third-order valence-electron chi connectivity index (χ3n) is 2.68. The molecule has 0 aromatic carbocycles. The normalized spacial score (nSPS) is 20.6. The molecule has 1 saturated heterocycles. The molecule has 2 aromatic heterocycles. The summed E-state index contributed by atoms with van der Waals surface area (Å²) in [4.78, 5) is 11.2. The second-order valence-electron chi connectivity index (χ2n) is 3.74. The van der Waals surface area contributed by atoms with Crippen molar-refractivity contribution in [1.29, 1.82) is 0 Å². The summed E-state index contributed by atoms with van der Waals surface area (Å²) in [6.07, 6.45) is 3.78. The number of hydrogen-bond donors (Lipinski definition) is 2. The molecule has 0 bridgehead atoms. The first-order valence-electron chi connectivity index (χ1n) is 5.09. The van der Waals surface area contributed by atoms with Gasteiger partial charge in [0.1, 0.15) is 17.4 Å². The summed E-state index contributed by atoms with van der Waals surface area (Å²) in [5, 5.41) is 0. The van der Waals surface area contributed by atoms with Gasteiger partial charge < -0.3 is 15.5 Å². The lowest BCUT2D eigenvalue weighted by Crippen LogP contribution is -2.07. The van der Waals surface area contributed by atoms with Crippen molar-refractivity contribution in [1.82, 2.24) is 19.5 Å². The number of H-pyrrole nitrogens is 1. The standard InChI is InChI=1S/C9H11N5OS/c10-9-12-7-6(8(16)13-9)11-4-14(7)5-2-1-3-15-5/h4-5H,1-3H2,(H3,10,12,13,16). The van der Waals surface area contributed by atoms with Gasteiger partial charge in [0.25, 0.3) is 0 Å². The monoisotopic (exact) mass is 237 g/mol. The highest BCUT2D eigenvalue weighted by Crippen LogP contribution is 2.26. The number of ether oxygens (including phenoxy) is 1. The molecule has 2 aromatic rings. The topological polar surface area (TPSA) is 81.8 Å². The minimum Gasteiger partial charge on any atom is -0.369 e. The van der Waals surface area contributed by atoms with Crippen LogP contribution in [0.3, 0.4) is 0 Å². The van der Waals surface area contributed by atoms with Gasteiger partial charge in [0.15, 0.2) is 10.6 Å². The predicted octanol–water partition coefficient (Wildman–Crippen LogP) is 1.38. The summed E-state index contributed by atoms with van der Waals surface area (Å²) >= 11 is 5.10. The second kappa shape index (κ2) is 3.53. The number of fused-ring (bicyclic) bond motifs is 1. The van der Waals surface area contributed by atoms with Gasteiger partial charge in [-0.05, 0) is 12.8 Å². The average molecular weight is 237 g/mol. The Morgan fingerprint density at radius 1 is 1.62 bits per heavy atom. The van der Waals surface area contributed by atoms with Crippen LogP contribution in [0.2, 0.25) is 0 Å². The van der Waals surface area contributed by atoms with Crippen LogP contribution >= 0.6 is 12.2 Å². The number of anilines is 1. The predicted molar refractivity (Wildman–Crippen MR) is 61.3 cm³/mol. The molecule has 6 nitrogen and oxygen atoms in total. The Bertz CT molecular complexity index is 583. The lowest BCUT2D eigenvalue weighted by atomic mass is 10.3. The van der Waals surface area contributed by atoms with Crippen LogP contribution in [0.25, 0.3) is 11.2 Å². The lowest BCUT2D eigenvalue weighted by molar-refractivity contribution is 0.0593. The molecule has 1 fully saturated rings. The van der Waals surface area contributed by atoms with E-state index >= 15 is 0 Å². The van der Waals surface area contributed by atoms with Crippen LogP contribution in [-0.4, -0.2) is 26.1 Å². The van der Waals surface area contributed by atoms with Crippen molar-refractivity contribution in [2.45, 2.75) is 19.1 Å². The second-order valence-corrected chi connectivity index (χ2v) is 4.13. The fourth-order valence-electron chi connectivity index (χ4n) is 1.95. The Kier molecular flexibility index (Phi) is 2.15. The quantitative estimate of drug-likeness (QED) is 0.732. The first-order chi connectivity index (χ1) is 7.75. The van der Waals surface area contributed by atoms with Gasteiger partial charge in [0.2, 0.25) is 0 Å². The molecule has 0 aliphatic carbocycles. The Hall–Kier alpha value is -1.47. The van der Waals surface area contributed by atoms with Gasteiger partial charge in [-0.3, -0.25) is 4.57 Å². The summed E-state index contributed by atoms with van der Waals surface area (Å²) in [7, 11) is 0. The molecular formula is C9H11N5OS. The minimum atomic E-state index is 0.0254. The number of aromatic nitrogens is 4. The maximum Gasteiger partial charge on any atom is 0.200 e. The SMILES string of the molecule is Nc1nc(=S)c2ncn(C3CCCO3)c2[nH]1. The zero-order valence-electron chi connectivity index (χ0n) is 8.51. The molecule has 0 saturated carbocycles. The minimum absolute atomic E-state index is 0.0254. The average Bonchev–Trinajstić information content (AvgIpc) is 2.83. The highest BCUT2D eigenvalue weighted by Gasteiger charge is 2.20. The summed E-state index contributed by atoms with van der Waals surface area (Å²) in [6, 6.07) is 0. The van der Waals surface area contributed by atoms with Gasteiger partial charge in [-0.1, -0.05) is 12.2 Å². The van der Waals surface area contributed by atoms with E-state index in [1.54, 1.807) is 6.33 Å². The summed E-state index contributed by atoms with van der Waals surface area (Å²) < 4.78 is 7.94. The summed E-state index contributed by atoms with van der Waals surface area (Å²) in [5.41, 5.74) is 7.08. The summed E-state index contributed by atoms with van der Waals surface area (Å²) in [6.45, 7) is 0.783. The van der Waals surface area contributed by atoms with Crippen LogP contribution in [0.1, 0.15) is 19.1 Å². The van der Waals surface area contributed by atoms with E-state index in [-0.39, 0.29) is 6.23 Å². The molecule has 0 amide bonds. The Balaban J connectivity index is 2.22. The molecule has 1 unspecified atom stereocenters. The van der Waals surface area contributed by atoms with E-state index < -0.39 is 0 Å². The van der Waals surface area contributed by atoms with Crippen molar-refractivity contribution in [2.75, 3.05) is 12.3 Å². The number of hydrogen-bond acceptors (Lipinski definition) is 5. The highest BCUT2D eigenvalue weighted by molar-refractivity contribution is 7.71. The van der Waals surface area contributed by atoms with Crippen molar-refractivity contribution >= 4 is 29.3 Å². The molecule has 3 N–H and O–H groups in total. The van der Waals surface area contributed by atoms with Crippen LogP contribution in [0.5, 0.6) is 0 Å². The molecule has 0 spiro atoms. The molecule has 7 heteroatoms. The zero-order chi connectivity index (χ0) is 11.1. The Morgan fingerprint density at radius 2 is 2.50 bits per heavy atom. The fraction of sp³-hybridized carbons (Fsp3) is 0.444. The van der Waals surface area contributed by atoms with Crippen LogP contribution < -0.4 is 5.73 Å². The molecule has 1 aliphatic heterocycles. The number of nitrogens with zero attached hydrogens (tertiary/aromatic N) is 3. The van der Waals surface area contributed by atoms with Crippen molar-refractivity contribution < 1.29 is 4.74 Å². The number of nitrogens with one attached hydrogen (secondary N) is 1. The van der Waals surface area contributed by atoms with Gasteiger partial charge >= 0.3 is 0 Å². The highest BCUT2D eigenvalue weighted by atomic mass is 32.1. The molecule has 3 rings (SSSR count). The fourth-order valence-corrected chi connectivity index (χ4v) is 2.20. The van der Waals surface area contributed by atoms with Gasteiger partial charge in [-0.2, -0.15) is 0 Å². The van der Waals surface area contributed by atoms with Crippen LogP contribution in [0, 0.1) is 4.64 Å². The number of nitrogen functional groups attached to an aromatic ring is 1. The molecular weight excluding hydrogens is 226 g/mol. The molecule has 1 atom stereocenters. The van der Waals surface area contributed by atoms with Crippen molar-refractivity contribution in [2.24, 2.45) is 0 Å². The maximum atomic E-state index is 5.64. The molecule has 84 valence electrons. The van der Waals surface area contributed by atoms with Crippen molar-refractivity contribution in [3.63, 3.8) is 0 Å². The van der Waals surface area contributed by atoms with E-state index in [9.17, 15) is 0 Å². The number of imidazole rings is 1. The Morgan fingerprint density at radius 3 is 3.25 bits per heavy atom. The smallest absolute Gasteiger partial charge is 0.200 e. The van der Waals surface area contributed by atoms with Gasteiger partial charge in [-0.25, -0.2) is 9.97 Å². The van der Waals surface area contributed by atoms with Crippen molar-refractivity contribution in [3.05, 3.63) is 11.0 Å². The van der Waals surface area contributed by atoms with Gasteiger partial charge in [0.05, 0.1) is 6.33 Å². The van der Waals surface area contributed by atoms with E-state index in [1.165, 1.54) is 0 Å². The molecule has 1 aliphatic rings. The van der Waals surface area contributed by atoms with E-state index in [0.717, 1.165) is 25.1 Å². The van der Waals surface area contributed by atoms with Crippen LogP contribution in [0.15, 0.2) is 6.33 Å². The molecule has 3 heterocycles. The lowest BCUT2D eigenvalue weighted by Gasteiger charge is -2.11. The zero-order valence-corrected chi connectivity index (χ0v) is 9.33. The van der Waals surface area contributed by atoms with Crippen molar-refractivity contribution in [3.8, 4) is 0 Å². The molecule has 16 heavy (non-hydrogen) atoms. The van der Waals surface area contributed by atoms with Crippen LogP contribution in [-0.2, 0) is 4.74 Å². The Labute approximate surface area is 96.5 Å². The van der Waals surface area contributed by atoms with Gasteiger partial charge in [0, 0.05) is 6.61 Å². The molecule has 0 radical (unpaired) electrons. The third-order valence-corrected chi connectivity index (χ3v) is 2.97. The van der Waals surface area contributed by atoms with Gasteiger partial charge in [-0.15, -0.1) is 0 Å². The summed E-state index contributed by atoms with van der Waals surface area (Å²) in [5.74, 6) is 0.303. The van der Waals surface area contributed by atoms with E-state index in [2.05, 4.69) is 15.0 Å². The van der Waals surface area contributed by atoms with E-state index in [1.807, 2.05) is 4.57 Å². The van der Waals surface area contributed by atoms with E-state index in [4.69, 9.17) is 22.7 Å². The first kappa shape index (κ1) is 9.73. The number of nitrogens with two attached hydrogens (primary N) is 1.